The van der Waals surface area contributed by atoms with E-state index in [9.17, 15) is 0 Å². The van der Waals surface area contributed by atoms with Crippen molar-refractivity contribution in [3.63, 3.8) is 0 Å². The third-order valence-electron chi connectivity index (χ3n) is 8.19. The predicted molar refractivity (Wildman–Crippen MR) is 164 cm³/mol. The Balaban J connectivity index is 1.40. The molecule has 0 bridgehead atoms. The van der Waals surface area contributed by atoms with Crippen LogP contribution in [0.3, 0.4) is 0 Å². The lowest BCUT2D eigenvalue weighted by molar-refractivity contribution is 0.769. The number of nitrogens with zero attached hydrogens (tertiary/aromatic N) is 1. The van der Waals surface area contributed by atoms with Crippen LogP contribution >= 0.6 is 0 Å². The number of hydrogen-bond donors (Lipinski definition) is 0. The standard InChI is InChI=1S/C38H29N/c1-39(32-17-9-4-10-18-32)33-24-21-28(22-25-33)29-23-26-35-34-19-11-12-20-36(34)38(37(35)27-29,30-13-5-2-6-14-30)31-15-7-3-8-16-31/h2-27H,1H3. The van der Waals surface area contributed by atoms with E-state index in [4.69, 9.17) is 0 Å². The van der Waals surface area contributed by atoms with E-state index in [1.807, 2.05) is 0 Å². The van der Waals surface area contributed by atoms with Crippen LogP contribution in [-0.4, -0.2) is 7.05 Å². The molecule has 6 aromatic carbocycles. The summed E-state index contributed by atoms with van der Waals surface area (Å²) in [6.45, 7) is 0. The summed E-state index contributed by atoms with van der Waals surface area (Å²) in [4.78, 5) is 2.22. The highest BCUT2D eigenvalue weighted by Crippen LogP contribution is 2.56. The van der Waals surface area contributed by atoms with Crippen molar-refractivity contribution < 1.29 is 0 Å². The van der Waals surface area contributed by atoms with Gasteiger partial charge in [0.25, 0.3) is 0 Å². The quantitative estimate of drug-likeness (QED) is 0.228. The molecule has 7 rings (SSSR count). The number of rotatable bonds is 5. The molecule has 0 saturated carbocycles. The minimum Gasteiger partial charge on any atom is -0.345 e. The van der Waals surface area contributed by atoms with Crippen LogP contribution in [0.1, 0.15) is 22.3 Å². The zero-order valence-corrected chi connectivity index (χ0v) is 22.0. The zero-order chi connectivity index (χ0) is 26.2. The fourth-order valence-corrected chi connectivity index (χ4v) is 6.30. The second-order valence-electron chi connectivity index (χ2n) is 10.2. The number of para-hydroxylation sites is 1. The first-order valence-corrected chi connectivity index (χ1v) is 13.5. The largest absolute Gasteiger partial charge is 0.345 e. The SMILES string of the molecule is CN(c1ccccc1)c1ccc(-c2ccc3c(c2)C(c2ccccc2)(c2ccccc2)c2ccccc2-3)cc1. The summed E-state index contributed by atoms with van der Waals surface area (Å²) in [5, 5.41) is 0. The number of fused-ring (bicyclic) bond motifs is 3. The lowest BCUT2D eigenvalue weighted by Crippen LogP contribution is -2.28. The van der Waals surface area contributed by atoms with Crippen LogP contribution in [0.2, 0.25) is 0 Å². The van der Waals surface area contributed by atoms with Crippen molar-refractivity contribution >= 4 is 11.4 Å². The van der Waals surface area contributed by atoms with Gasteiger partial charge in [-0.3, -0.25) is 0 Å². The first-order valence-electron chi connectivity index (χ1n) is 13.5. The average Bonchev–Trinajstić information content (AvgIpc) is 3.32. The second kappa shape index (κ2) is 9.45. The van der Waals surface area contributed by atoms with Gasteiger partial charge in [0.15, 0.2) is 0 Å². The Hall–Kier alpha value is -4.88. The Morgan fingerprint density at radius 3 is 1.54 bits per heavy atom. The maximum atomic E-state index is 2.42. The molecule has 1 heteroatoms. The van der Waals surface area contributed by atoms with E-state index in [0.717, 1.165) is 0 Å². The molecule has 1 nitrogen and oxygen atoms in total. The van der Waals surface area contributed by atoms with Crippen molar-refractivity contribution in [3.8, 4) is 22.3 Å². The van der Waals surface area contributed by atoms with Gasteiger partial charge in [0.1, 0.15) is 0 Å². The third kappa shape index (κ3) is 3.70. The van der Waals surface area contributed by atoms with Gasteiger partial charge >= 0.3 is 0 Å². The molecule has 0 radical (unpaired) electrons. The molecule has 0 unspecified atom stereocenters. The highest BCUT2D eigenvalue weighted by Gasteiger charge is 2.45. The summed E-state index contributed by atoms with van der Waals surface area (Å²) in [5.74, 6) is 0. The van der Waals surface area contributed by atoms with Crippen molar-refractivity contribution in [2.45, 2.75) is 5.41 Å². The molecule has 186 valence electrons. The van der Waals surface area contributed by atoms with Gasteiger partial charge in [0.05, 0.1) is 5.41 Å². The Morgan fingerprint density at radius 1 is 0.410 bits per heavy atom. The van der Waals surface area contributed by atoms with Gasteiger partial charge in [-0.2, -0.15) is 0 Å². The van der Waals surface area contributed by atoms with E-state index >= 15 is 0 Å². The Labute approximate surface area is 230 Å². The Morgan fingerprint density at radius 2 is 0.897 bits per heavy atom. The van der Waals surface area contributed by atoms with Gasteiger partial charge in [0, 0.05) is 18.4 Å². The molecule has 39 heavy (non-hydrogen) atoms. The average molecular weight is 500 g/mol. The molecule has 0 N–H and O–H groups in total. The van der Waals surface area contributed by atoms with Crippen LogP contribution in [0.5, 0.6) is 0 Å². The minimum atomic E-state index is -0.377. The summed E-state index contributed by atoms with van der Waals surface area (Å²) < 4.78 is 0. The monoisotopic (exact) mass is 499 g/mol. The molecule has 0 fully saturated rings. The number of anilines is 2. The van der Waals surface area contributed by atoms with E-state index in [-0.39, 0.29) is 5.41 Å². The van der Waals surface area contributed by atoms with Gasteiger partial charge in [-0.1, -0.05) is 127 Å². The van der Waals surface area contributed by atoms with Gasteiger partial charge in [-0.05, 0) is 74.8 Å². The maximum Gasteiger partial charge on any atom is 0.0713 e. The van der Waals surface area contributed by atoms with Crippen molar-refractivity contribution in [1.82, 2.24) is 0 Å². The lowest BCUT2D eigenvalue weighted by Gasteiger charge is -2.34. The first kappa shape index (κ1) is 23.3. The number of benzene rings is 6. The molecule has 1 aliphatic carbocycles. The molecule has 0 aliphatic heterocycles. The van der Waals surface area contributed by atoms with Crippen LogP contribution < -0.4 is 4.90 Å². The molecular formula is C38H29N. The Bertz CT molecular complexity index is 1700. The van der Waals surface area contributed by atoms with Gasteiger partial charge in [-0.25, -0.2) is 0 Å². The van der Waals surface area contributed by atoms with E-state index in [1.54, 1.807) is 0 Å². The Kier molecular flexibility index (Phi) is 5.64. The van der Waals surface area contributed by atoms with Crippen molar-refractivity contribution in [2.75, 3.05) is 11.9 Å². The van der Waals surface area contributed by atoms with Crippen LogP contribution in [0, 0.1) is 0 Å². The fraction of sp³-hybridized carbons (Fsp3) is 0.0526. The summed E-state index contributed by atoms with van der Waals surface area (Å²) in [6.07, 6.45) is 0. The molecule has 0 amide bonds. The van der Waals surface area contributed by atoms with Crippen molar-refractivity contribution in [2.24, 2.45) is 0 Å². The van der Waals surface area contributed by atoms with E-state index in [2.05, 4.69) is 170 Å². The fourth-order valence-electron chi connectivity index (χ4n) is 6.30. The molecule has 0 aromatic heterocycles. The highest BCUT2D eigenvalue weighted by atomic mass is 15.1. The topological polar surface area (TPSA) is 3.24 Å². The van der Waals surface area contributed by atoms with Gasteiger partial charge in [0.2, 0.25) is 0 Å². The van der Waals surface area contributed by atoms with Gasteiger partial charge in [-0.15, -0.1) is 0 Å². The summed E-state index contributed by atoms with van der Waals surface area (Å²) in [7, 11) is 2.12. The summed E-state index contributed by atoms with van der Waals surface area (Å²) in [5.41, 5.74) is 12.3. The summed E-state index contributed by atoms with van der Waals surface area (Å²) >= 11 is 0. The van der Waals surface area contributed by atoms with Crippen LogP contribution in [0.4, 0.5) is 11.4 Å². The lowest BCUT2D eigenvalue weighted by atomic mass is 9.67. The van der Waals surface area contributed by atoms with Crippen LogP contribution in [0.15, 0.2) is 158 Å². The predicted octanol–water partition coefficient (Wildman–Crippen LogP) is 9.48. The normalized spacial score (nSPS) is 12.9. The molecule has 0 atom stereocenters. The molecule has 1 aliphatic rings. The molecule has 6 aromatic rings. The molecule has 0 spiro atoms. The number of hydrogen-bond acceptors (Lipinski definition) is 1. The van der Waals surface area contributed by atoms with Crippen molar-refractivity contribution in [3.05, 3.63) is 180 Å². The van der Waals surface area contributed by atoms with Crippen molar-refractivity contribution in [1.29, 1.82) is 0 Å². The second-order valence-corrected chi connectivity index (χ2v) is 10.2. The highest BCUT2D eigenvalue weighted by molar-refractivity contribution is 5.88. The van der Waals surface area contributed by atoms with E-state index in [1.165, 1.54) is 55.9 Å². The smallest absolute Gasteiger partial charge is 0.0713 e. The maximum absolute atomic E-state index is 2.42. The van der Waals surface area contributed by atoms with Crippen LogP contribution in [0.25, 0.3) is 22.3 Å². The molecule has 0 saturated heterocycles. The molecule has 0 heterocycles. The van der Waals surface area contributed by atoms with E-state index < -0.39 is 0 Å². The third-order valence-corrected chi connectivity index (χ3v) is 8.19. The van der Waals surface area contributed by atoms with Crippen LogP contribution in [-0.2, 0) is 5.41 Å². The minimum absolute atomic E-state index is 0.377. The van der Waals surface area contributed by atoms with Gasteiger partial charge < -0.3 is 4.90 Å². The zero-order valence-electron chi connectivity index (χ0n) is 22.0. The first-order chi connectivity index (χ1) is 19.3. The van der Waals surface area contributed by atoms with E-state index in [0.29, 0.717) is 0 Å². The molecular weight excluding hydrogens is 470 g/mol. The summed E-state index contributed by atoms with van der Waals surface area (Å²) in [6, 6.07) is 57.3.